The monoisotopic (exact) mass is 358 g/mol. The first kappa shape index (κ1) is 17.6. The molecular weight excluding hydrogens is 328 g/mol. The number of fused-ring (bicyclic) bond motifs is 2. The molecule has 1 aromatic rings. The number of morpholine rings is 1. The third kappa shape index (κ3) is 4.13. The van der Waals surface area contributed by atoms with Gasteiger partial charge in [-0.05, 0) is 37.9 Å². The number of aliphatic imine (C=N–C) groups is 1. The standard InChI is InChI=1S/C20H30N4O2/c1-2-21-20(22-11-17-10-15-6-3-4-8-19(15)26-17)23-12-18-13-24-9-5-7-16(24)14-25-18/h3-4,6,8,16-18H,2,5,7,9-14H2,1H3,(H2,21,22,23). The summed E-state index contributed by atoms with van der Waals surface area (Å²) in [5.74, 6) is 1.86. The third-order valence-electron chi connectivity index (χ3n) is 5.47. The van der Waals surface area contributed by atoms with Crippen LogP contribution in [0.4, 0.5) is 0 Å². The normalized spacial score (nSPS) is 28.3. The summed E-state index contributed by atoms with van der Waals surface area (Å²) < 4.78 is 12.0. The molecule has 3 aliphatic heterocycles. The maximum atomic E-state index is 6.01. The van der Waals surface area contributed by atoms with Gasteiger partial charge < -0.3 is 20.1 Å². The van der Waals surface area contributed by atoms with Crippen LogP contribution in [0.5, 0.6) is 5.75 Å². The van der Waals surface area contributed by atoms with Crippen LogP contribution in [0.2, 0.25) is 0 Å². The Morgan fingerprint density at radius 1 is 1.27 bits per heavy atom. The van der Waals surface area contributed by atoms with Gasteiger partial charge in [-0.1, -0.05) is 18.2 Å². The van der Waals surface area contributed by atoms with E-state index in [2.05, 4.69) is 34.6 Å². The summed E-state index contributed by atoms with van der Waals surface area (Å²) in [7, 11) is 0. The molecule has 6 nitrogen and oxygen atoms in total. The average molecular weight is 358 g/mol. The first-order chi connectivity index (χ1) is 12.8. The summed E-state index contributed by atoms with van der Waals surface area (Å²) in [4.78, 5) is 7.31. The molecule has 2 saturated heterocycles. The van der Waals surface area contributed by atoms with Crippen LogP contribution in [0.1, 0.15) is 25.3 Å². The fraction of sp³-hybridized carbons (Fsp3) is 0.650. The van der Waals surface area contributed by atoms with E-state index in [1.165, 1.54) is 24.9 Å². The van der Waals surface area contributed by atoms with E-state index < -0.39 is 0 Å². The Hall–Kier alpha value is -1.79. The van der Waals surface area contributed by atoms with E-state index in [1.807, 2.05) is 12.1 Å². The number of para-hydroxylation sites is 1. The van der Waals surface area contributed by atoms with E-state index in [4.69, 9.17) is 14.5 Å². The Balaban J connectivity index is 1.26. The molecule has 3 atom stereocenters. The molecule has 1 aromatic carbocycles. The van der Waals surface area contributed by atoms with Crippen molar-refractivity contribution in [1.82, 2.24) is 15.5 Å². The molecule has 0 saturated carbocycles. The van der Waals surface area contributed by atoms with Crippen molar-refractivity contribution in [1.29, 1.82) is 0 Å². The van der Waals surface area contributed by atoms with Crippen LogP contribution in [0, 0.1) is 0 Å². The fourth-order valence-corrected chi connectivity index (χ4v) is 4.11. The van der Waals surface area contributed by atoms with Crippen LogP contribution < -0.4 is 15.4 Å². The lowest BCUT2D eigenvalue weighted by Gasteiger charge is -2.34. The molecule has 6 heteroatoms. The second-order valence-corrected chi connectivity index (χ2v) is 7.40. The molecule has 4 rings (SSSR count). The van der Waals surface area contributed by atoms with Gasteiger partial charge in [-0.3, -0.25) is 9.89 Å². The highest BCUT2D eigenvalue weighted by Gasteiger charge is 2.32. The Morgan fingerprint density at radius 3 is 3.08 bits per heavy atom. The summed E-state index contributed by atoms with van der Waals surface area (Å²) in [6.07, 6.45) is 3.89. The van der Waals surface area contributed by atoms with E-state index in [0.717, 1.165) is 44.4 Å². The van der Waals surface area contributed by atoms with Crippen LogP contribution >= 0.6 is 0 Å². The van der Waals surface area contributed by atoms with Crippen molar-refractivity contribution in [3.63, 3.8) is 0 Å². The van der Waals surface area contributed by atoms with Crippen LogP contribution in [-0.2, 0) is 11.2 Å². The van der Waals surface area contributed by atoms with Gasteiger partial charge in [-0.15, -0.1) is 0 Å². The van der Waals surface area contributed by atoms with Gasteiger partial charge in [0, 0.05) is 25.6 Å². The van der Waals surface area contributed by atoms with E-state index in [-0.39, 0.29) is 12.2 Å². The zero-order valence-corrected chi connectivity index (χ0v) is 15.6. The minimum absolute atomic E-state index is 0.160. The molecule has 3 heterocycles. The van der Waals surface area contributed by atoms with E-state index in [9.17, 15) is 0 Å². The zero-order chi connectivity index (χ0) is 17.8. The molecule has 0 aliphatic carbocycles. The topological polar surface area (TPSA) is 58.1 Å². The number of rotatable bonds is 5. The second-order valence-electron chi connectivity index (χ2n) is 7.40. The van der Waals surface area contributed by atoms with E-state index in [0.29, 0.717) is 12.6 Å². The highest BCUT2D eigenvalue weighted by atomic mass is 16.5. The van der Waals surface area contributed by atoms with Crippen LogP contribution in [0.25, 0.3) is 0 Å². The van der Waals surface area contributed by atoms with Gasteiger partial charge in [-0.2, -0.15) is 0 Å². The van der Waals surface area contributed by atoms with Gasteiger partial charge in [0.25, 0.3) is 0 Å². The Bertz CT molecular complexity index is 611. The SMILES string of the molecule is CCNC(=NCC1CN2CCCC2CO1)NCC1Cc2ccccc2O1. The minimum atomic E-state index is 0.160. The molecule has 0 amide bonds. The molecule has 26 heavy (non-hydrogen) atoms. The van der Waals surface area contributed by atoms with Gasteiger partial charge in [0.2, 0.25) is 0 Å². The number of guanidine groups is 1. The molecule has 0 bridgehead atoms. The van der Waals surface area contributed by atoms with Crippen molar-refractivity contribution in [3.8, 4) is 5.75 Å². The van der Waals surface area contributed by atoms with Crippen LogP contribution in [0.3, 0.4) is 0 Å². The van der Waals surface area contributed by atoms with Gasteiger partial charge in [-0.25, -0.2) is 0 Å². The molecule has 0 radical (unpaired) electrons. The number of ether oxygens (including phenoxy) is 2. The molecule has 142 valence electrons. The number of nitrogens with zero attached hydrogens (tertiary/aromatic N) is 2. The van der Waals surface area contributed by atoms with Crippen molar-refractivity contribution in [2.24, 2.45) is 4.99 Å². The largest absolute Gasteiger partial charge is 0.488 e. The van der Waals surface area contributed by atoms with Crippen molar-refractivity contribution in [3.05, 3.63) is 29.8 Å². The molecule has 2 N–H and O–H groups in total. The predicted octanol–water partition coefficient (Wildman–Crippen LogP) is 1.41. The van der Waals surface area contributed by atoms with Gasteiger partial charge in [0.1, 0.15) is 11.9 Å². The molecule has 3 aliphatic rings. The summed E-state index contributed by atoms with van der Waals surface area (Å²) in [5.41, 5.74) is 1.29. The van der Waals surface area contributed by atoms with E-state index in [1.54, 1.807) is 0 Å². The Kier molecular flexibility index (Phi) is 5.60. The predicted molar refractivity (Wildman–Crippen MR) is 103 cm³/mol. The highest BCUT2D eigenvalue weighted by Crippen LogP contribution is 2.27. The van der Waals surface area contributed by atoms with Crippen molar-refractivity contribution < 1.29 is 9.47 Å². The first-order valence-electron chi connectivity index (χ1n) is 9.94. The number of hydrogen-bond donors (Lipinski definition) is 2. The molecule has 3 unspecified atom stereocenters. The summed E-state index contributed by atoms with van der Waals surface area (Å²) in [6.45, 7) is 7.46. The quantitative estimate of drug-likeness (QED) is 0.616. The van der Waals surface area contributed by atoms with Crippen molar-refractivity contribution in [2.75, 3.05) is 39.3 Å². The summed E-state index contributed by atoms with van der Waals surface area (Å²) in [5, 5.41) is 6.76. The lowest BCUT2D eigenvalue weighted by molar-refractivity contribution is -0.0432. The van der Waals surface area contributed by atoms with E-state index >= 15 is 0 Å². The fourth-order valence-electron chi connectivity index (χ4n) is 4.11. The molecule has 0 aromatic heterocycles. The van der Waals surface area contributed by atoms with Crippen LogP contribution in [0.15, 0.2) is 29.3 Å². The van der Waals surface area contributed by atoms with Gasteiger partial charge in [0.05, 0.1) is 25.8 Å². The van der Waals surface area contributed by atoms with Gasteiger partial charge in [0.15, 0.2) is 5.96 Å². The lowest BCUT2D eigenvalue weighted by atomic mass is 10.1. The maximum Gasteiger partial charge on any atom is 0.191 e. The van der Waals surface area contributed by atoms with Gasteiger partial charge >= 0.3 is 0 Å². The Labute approximate surface area is 156 Å². The molecular formula is C20H30N4O2. The summed E-state index contributed by atoms with van der Waals surface area (Å²) in [6, 6.07) is 8.91. The smallest absolute Gasteiger partial charge is 0.191 e. The van der Waals surface area contributed by atoms with Crippen LogP contribution in [-0.4, -0.2) is 68.4 Å². The molecule has 0 spiro atoms. The second kappa shape index (κ2) is 8.27. The lowest BCUT2D eigenvalue weighted by Crippen LogP contribution is -2.48. The zero-order valence-electron chi connectivity index (χ0n) is 15.6. The van der Waals surface area contributed by atoms with Crippen molar-refractivity contribution >= 4 is 5.96 Å². The number of benzene rings is 1. The minimum Gasteiger partial charge on any atom is -0.488 e. The third-order valence-corrected chi connectivity index (χ3v) is 5.47. The highest BCUT2D eigenvalue weighted by molar-refractivity contribution is 5.79. The summed E-state index contributed by atoms with van der Waals surface area (Å²) >= 11 is 0. The Morgan fingerprint density at radius 2 is 2.19 bits per heavy atom. The molecule has 2 fully saturated rings. The average Bonchev–Trinajstić information content (AvgIpc) is 3.29. The number of nitrogens with one attached hydrogen (secondary N) is 2. The number of hydrogen-bond acceptors (Lipinski definition) is 4. The maximum absolute atomic E-state index is 6.01. The first-order valence-corrected chi connectivity index (χ1v) is 9.94. The van der Waals surface area contributed by atoms with Crippen molar-refractivity contribution in [2.45, 2.75) is 44.4 Å².